The molecule has 0 amide bonds. The summed E-state index contributed by atoms with van der Waals surface area (Å²) in [5.41, 5.74) is 2.35. The number of benzene rings is 1. The lowest BCUT2D eigenvalue weighted by Gasteiger charge is -2.10. The Kier molecular flexibility index (Phi) is 2.78. The zero-order valence-electron chi connectivity index (χ0n) is 12.1. The van der Waals surface area contributed by atoms with Crippen molar-refractivity contribution in [2.45, 2.75) is 0 Å². The number of rotatable bonds is 3. The van der Waals surface area contributed by atoms with Crippen LogP contribution in [0, 0.1) is 0 Å². The molecule has 7 heteroatoms. The summed E-state index contributed by atoms with van der Waals surface area (Å²) < 4.78 is 23.4. The maximum Gasteiger partial charge on any atom is 0.258 e. The lowest BCUT2D eigenvalue weighted by atomic mass is 10.1. The first-order chi connectivity index (χ1) is 10.8. The van der Waals surface area contributed by atoms with Crippen LogP contribution in [-0.4, -0.2) is 35.4 Å². The van der Waals surface area contributed by atoms with Crippen molar-refractivity contribution in [2.75, 3.05) is 21.0 Å². The van der Waals surface area contributed by atoms with E-state index in [0.717, 1.165) is 11.3 Å². The summed E-state index contributed by atoms with van der Waals surface area (Å²) in [6, 6.07) is 3.70. The highest BCUT2D eigenvalue weighted by molar-refractivity contribution is 5.74. The first-order valence-corrected chi connectivity index (χ1v) is 6.66. The number of nitrogens with zero attached hydrogens (tertiary/aromatic N) is 3. The molecule has 0 N–H and O–H groups in total. The van der Waals surface area contributed by atoms with Crippen LogP contribution < -0.4 is 18.9 Å². The fraction of sp³-hybridized carbons (Fsp3) is 0.200. The van der Waals surface area contributed by atoms with Crippen LogP contribution in [0.1, 0.15) is 0 Å². The Bertz CT molecular complexity index is 859. The van der Waals surface area contributed by atoms with Crippen LogP contribution in [0.2, 0.25) is 0 Å². The van der Waals surface area contributed by atoms with Crippen LogP contribution in [0.3, 0.4) is 0 Å². The van der Waals surface area contributed by atoms with E-state index in [4.69, 9.17) is 18.9 Å². The monoisotopic (exact) mass is 299 g/mol. The summed E-state index contributed by atoms with van der Waals surface area (Å²) in [6.07, 6.45) is 5.24. The van der Waals surface area contributed by atoms with Crippen molar-refractivity contribution in [1.82, 2.24) is 14.4 Å². The van der Waals surface area contributed by atoms with Crippen LogP contribution in [0.25, 0.3) is 16.9 Å². The van der Waals surface area contributed by atoms with Gasteiger partial charge in [-0.1, -0.05) is 0 Å². The molecule has 0 radical (unpaired) electrons. The van der Waals surface area contributed by atoms with Crippen molar-refractivity contribution in [3.8, 4) is 34.4 Å². The van der Waals surface area contributed by atoms with E-state index in [-0.39, 0.29) is 6.79 Å². The molecule has 0 unspecified atom stereocenters. The number of fused-ring (bicyclic) bond motifs is 2. The van der Waals surface area contributed by atoms with Gasteiger partial charge in [0.25, 0.3) is 5.88 Å². The van der Waals surface area contributed by atoms with Gasteiger partial charge in [-0.15, -0.1) is 0 Å². The normalized spacial score (nSPS) is 12.6. The average Bonchev–Trinajstić information content (AvgIpc) is 3.18. The van der Waals surface area contributed by atoms with Gasteiger partial charge in [0.15, 0.2) is 11.5 Å². The minimum absolute atomic E-state index is 0.215. The van der Waals surface area contributed by atoms with Gasteiger partial charge in [-0.2, -0.15) is 0 Å². The first kappa shape index (κ1) is 12.8. The Balaban J connectivity index is 1.96. The van der Waals surface area contributed by atoms with Gasteiger partial charge in [-0.3, -0.25) is 4.40 Å². The maximum absolute atomic E-state index is 5.48. The standard InChI is InChI=1S/C15H13N3O4/c1-19-11-6-13-12(21-8-22-13)5-9(11)10-7-17-14-15(20-2)16-3-4-18(10)14/h3-7H,8H2,1-2H3. The molecule has 1 aliphatic rings. The molecule has 4 rings (SSSR count). The second-order valence-corrected chi connectivity index (χ2v) is 4.68. The Morgan fingerprint density at radius 2 is 1.91 bits per heavy atom. The van der Waals surface area contributed by atoms with Gasteiger partial charge in [0.05, 0.1) is 26.1 Å². The highest BCUT2D eigenvalue weighted by Gasteiger charge is 2.21. The molecule has 0 atom stereocenters. The van der Waals surface area contributed by atoms with Gasteiger partial charge in [-0.25, -0.2) is 9.97 Å². The van der Waals surface area contributed by atoms with Gasteiger partial charge in [0.1, 0.15) is 5.75 Å². The molecule has 0 bridgehead atoms. The summed E-state index contributed by atoms with van der Waals surface area (Å²) in [4.78, 5) is 8.53. The van der Waals surface area contributed by atoms with Crippen molar-refractivity contribution in [3.05, 3.63) is 30.7 Å². The fourth-order valence-electron chi connectivity index (χ4n) is 2.53. The van der Waals surface area contributed by atoms with Crippen LogP contribution in [0.4, 0.5) is 0 Å². The third kappa shape index (κ3) is 1.75. The maximum atomic E-state index is 5.48. The molecule has 0 spiro atoms. The van der Waals surface area contributed by atoms with Crippen LogP contribution in [0.15, 0.2) is 30.7 Å². The van der Waals surface area contributed by atoms with E-state index in [1.165, 1.54) is 0 Å². The fourth-order valence-corrected chi connectivity index (χ4v) is 2.53. The quantitative estimate of drug-likeness (QED) is 0.738. The van der Waals surface area contributed by atoms with E-state index in [0.29, 0.717) is 28.8 Å². The van der Waals surface area contributed by atoms with Crippen molar-refractivity contribution in [3.63, 3.8) is 0 Å². The van der Waals surface area contributed by atoms with E-state index in [9.17, 15) is 0 Å². The molecule has 0 saturated heterocycles. The summed E-state index contributed by atoms with van der Waals surface area (Å²) in [5.74, 6) is 2.51. The molecular formula is C15H13N3O4. The topological polar surface area (TPSA) is 67.1 Å². The molecule has 112 valence electrons. The van der Waals surface area contributed by atoms with E-state index in [1.54, 1.807) is 26.6 Å². The van der Waals surface area contributed by atoms with Crippen molar-refractivity contribution >= 4 is 5.65 Å². The molecule has 7 nitrogen and oxygen atoms in total. The van der Waals surface area contributed by atoms with Crippen molar-refractivity contribution in [2.24, 2.45) is 0 Å². The lowest BCUT2D eigenvalue weighted by Crippen LogP contribution is -1.96. The third-order valence-corrected chi connectivity index (χ3v) is 3.56. The predicted molar refractivity (Wildman–Crippen MR) is 77.7 cm³/mol. The zero-order chi connectivity index (χ0) is 15.1. The second kappa shape index (κ2) is 4.80. The van der Waals surface area contributed by atoms with Crippen LogP contribution in [0.5, 0.6) is 23.1 Å². The molecular weight excluding hydrogens is 286 g/mol. The molecule has 0 aliphatic carbocycles. The van der Waals surface area contributed by atoms with Gasteiger partial charge in [0, 0.05) is 24.0 Å². The molecule has 1 aliphatic heterocycles. The summed E-state index contributed by atoms with van der Waals surface area (Å²) in [7, 11) is 3.18. The zero-order valence-corrected chi connectivity index (χ0v) is 12.1. The highest BCUT2D eigenvalue weighted by atomic mass is 16.7. The molecule has 1 aromatic carbocycles. The largest absolute Gasteiger partial charge is 0.496 e. The van der Waals surface area contributed by atoms with Gasteiger partial charge >= 0.3 is 0 Å². The Hall–Kier alpha value is -2.96. The second-order valence-electron chi connectivity index (χ2n) is 4.68. The third-order valence-electron chi connectivity index (χ3n) is 3.56. The number of imidazole rings is 1. The average molecular weight is 299 g/mol. The van der Waals surface area contributed by atoms with Crippen molar-refractivity contribution < 1.29 is 18.9 Å². The molecule has 0 saturated carbocycles. The predicted octanol–water partition coefficient (Wildman–Crippen LogP) is 2.14. The molecule has 3 heterocycles. The SMILES string of the molecule is COc1cc2c(cc1-c1cnc3c(OC)nccn13)OCO2. The van der Waals surface area contributed by atoms with E-state index in [1.807, 2.05) is 22.7 Å². The molecule has 2 aromatic heterocycles. The number of hydrogen-bond donors (Lipinski definition) is 0. The van der Waals surface area contributed by atoms with E-state index >= 15 is 0 Å². The van der Waals surface area contributed by atoms with E-state index < -0.39 is 0 Å². The number of ether oxygens (including phenoxy) is 4. The smallest absolute Gasteiger partial charge is 0.258 e. The summed E-state index contributed by atoms with van der Waals surface area (Å²) >= 11 is 0. The van der Waals surface area contributed by atoms with Crippen molar-refractivity contribution in [1.29, 1.82) is 0 Å². The van der Waals surface area contributed by atoms with Gasteiger partial charge < -0.3 is 18.9 Å². The van der Waals surface area contributed by atoms with Gasteiger partial charge in [0.2, 0.25) is 12.4 Å². The summed E-state index contributed by atoms with van der Waals surface area (Å²) in [6.45, 7) is 0.215. The molecule has 22 heavy (non-hydrogen) atoms. The lowest BCUT2D eigenvalue weighted by molar-refractivity contribution is 0.174. The number of aromatic nitrogens is 3. The minimum Gasteiger partial charge on any atom is -0.496 e. The highest BCUT2D eigenvalue weighted by Crippen LogP contribution is 2.42. The first-order valence-electron chi connectivity index (χ1n) is 6.66. The molecule has 0 fully saturated rings. The Morgan fingerprint density at radius 3 is 2.68 bits per heavy atom. The van der Waals surface area contributed by atoms with Crippen LogP contribution >= 0.6 is 0 Å². The van der Waals surface area contributed by atoms with E-state index in [2.05, 4.69) is 9.97 Å². The summed E-state index contributed by atoms with van der Waals surface area (Å²) in [5, 5.41) is 0. The number of hydrogen-bond acceptors (Lipinski definition) is 6. The van der Waals surface area contributed by atoms with Gasteiger partial charge in [-0.05, 0) is 6.07 Å². The number of methoxy groups -OCH3 is 2. The minimum atomic E-state index is 0.215. The molecule has 3 aromatic rings. The Morgan fingerprint density at radius 1 is 1.09 bits per heavy atom. The Labute approximate surface area is 126 Å². The van der Waals surface area contributed by atoms with Crippen LogP contribution in [-0.2, 0) is 0 Å².